The topological polar surface area (TPSA) is 72.0 Å². The number of benzene rings is 2. The second-order valence-corrected chi connectivity index (χ2v) is 8.05. The summed E-state index contributed by atoms with van der Waals surface area (Å²) < 4.78 is 18.0. The van der Waals surface area contributed by atoms with Gasteiger partial charge in [-0.05, 0) is 42.5 Å². The standard InChI is InChI=1S/C23H28N4O4S/c1-29-17-6-4-16(5-7-17)26-11-8-25(9-12-26)10-13-27-22(28)18-14-20(30-2)21(31-3)15-19(18)24-23(27)32/h4-7,14-15H,8-13H2,1-3H3,(H,24,32). The summed E-state index contributed by atoms with van der Waals surface area (Å²) >= 11 is 5.48. The molecule has 1 aliphatic rings. The number of hydrogen-bond acceptors (Lipinski definition) is 7. The highest BCUT2D eigenvalue weighted by molar-refractivity contribution is 7.71. The van der Waals surface area contributed by atoms with Gasteiger partial charge in [0.1, 0.15) is 5.75 Å². The molecule has 9 heteroatoms. The molecule has 0 bridgehead atoms. The Morgan fingerprint density at radius 2 is 1.56 bits per heavy atom. The normalized spacial score (nSPS) is 14.5. The number of fused-ring (bicyclic) bond motifs is 1. The van der Waals surface area contributed by atoms with Crippen LogP contribution in [-0.4, -0.2) is 68.5 Å². The van der Waals surface area contributed by atoms with Crippen molar-refractivity contribution in [3.05, 3.63) is 51.5 Å². The lowest BCUT2D eigenvalue weighted by atomic mass is 10.2. The molecule has 0 radical (unpaired) electrons. The number of hydrogen-bond donors (Lipinski definition) is 1. The van der Waals surface area contributed by atoms with Gasteiger partial charge in [0.2, 0.25) is 0 Å². The van der Waals surface area contributed by atoms with Crippen LogP contribution in [0.15, 0.2) is 41.2 Å². The molecular formula is C23H28N4O4S. The maximum Gasteiger partial charge on any atom is 0.262 e. The molecule has 0 unspecified atom stereocenters. The van der Waals surface area contributed by atoms with Crippen molar-refractivity contribution in [2.45, 2.75) is 6.54 Å². The number of ether oxygens (including phenoxy) is 3. The van der Waals surface area contributed by atoms with Crippen molar-refractivity contribution in [1.82, 2.24) is 14.5 Å². The molecule has 2 heterocycles. The van der Waals surface area contributed by atoms with Gasteiger partial charge in [-0.1, -0.05) is 0 Å². The zero-order valence-corrected chi connectivity index (χ0v) is 19.4. The summed E-state index contributed by atoms with van der Waals surface area (Å²) in [6.07, 6.45) is 0. The molecule has 1 aromatic heterocycles. The number of piperazine rings is 1. The zero-order chi connectivity index (χ0) is 22.7. The SMILES string of the molecule is COc1ccc(N2CCN(CCn3c(=S)[nH]c4cc(OC)c(OC)cc4c3=O)CC2)cc1. The van der Waals surface area contributed by atoms with Crippen molar-refractivity contribution >= 4 is 28.8 Å². The zero-order valence-electron chi connectivity index (χ0n) is 18.6. The molecule has 0 saturated carbocycles. The number of aromatic amines is 1. The van der Waals surface area contributed by atoms with E-state index >= 15 is 0 Å². The first kappa shape index (κ1) is 22.2. The van der Waals surface area contributed by atoms with Gasteiger partial charge >= 0.3 is 0 Å². The average Bonchev–Trinajstić information content (AvgIpc) is 2.83. The predicted octanol–water partition coefficient (Wildman–Crippen LogP) is 2.91. The minimum Gasteiger partial charge on any atom is -0.497 e. The summed E-state index contributed by atoms with van der Waals surface area (Å²) in [5, 5.41) is 0.528. The van der Waals surface area contributed by atoms with E-state index in [2.05, 4.69) is 26.9 Å². The fraction of sp³-hybridized carbons (Fsp3) is 0.391. The van der Waals surface area contributed by atoms with Crippen LogP contribution < -0.4 is 24.7 Å². The highest BCUT2D eigenvalue weighted by atomic mass is 32.1. The van der Waals surface area contributed by atoms with Gasteiger partial charge in [0.05, 0.1) is 32.2 Å². The van der Waals surface area contributed by atoms with E-state index in [0.29, 0.717) is 33.7 Å². The third-order valence-electron chi connectivity index (χ3n) is 5.94. The molecule has 1 fully saturated rings. The van der Waals surface area contributed by atoms with Gasteiger partial charge in [-0.25, -0.2) is 0 Å². The first-order valence-corrected chi connectivity index (χ1v) is 10.9. The summed E-state index contributed by atoms with van der Waals surface area (Å²) in [6, 6.07) is 11.6. The third kappa shape index (κ3) is 4.44. The number of nitrogens with one attached hydrogen (secondary N) is 1. The minimum absolute atomic E-state index is 0.124. The van der Waals surface area contributed by atoms with Crippen LogP contribution in [0.1, 0.15) is 0 Å². The molecule has 3 aromatic rings. The fourth-order valence-corrected chi connectivity index (χ4v) is 4.33. The average molecular weight is 457 g/mol. The Balaban J connectivity index is 1.44. The first-order valence-electron chi connectivity index (χ1n) is 10.5. The Bertz CT molecular complexity index is 1200. The van der Waals surface area contributed by atoms with Gasteiger partial charge in [0.15, 0.2) is 16.3 Å². The molecule has 32 heavy (non-hydrogen) atoms. The van der Waals surface area contributed by atoms with Gasteiger partial charge in [0.25, 0.3) is 5.56 Å². The van der Waals surface area contributed by atoms with E-state index in [4.69, 9.17) is 26.4 Å². The van der Waals surface area contributed by atoms with E-state index in [1.54, 1.807) is 38.0 Å². The van der Waals surface area contributed by atoms with Crippen LogP contribution >= 0.6 is 12.2 Å². The molecule has 0 spiro atoms. The maximum absolute atomic E-state index is 13.1. The molecule has 0 aliphatic carbocycles. The van der Waals surface area contributed by atoms with Gasteiger partial charge in [-0.15, -0.1) is 0 Å². The van der Waals surface area contributed by atoms with Crippen molar-refractivity contribution in [2.24, 2.45) is 0 Å². The molecule has 2 aromatic carbocycles. The van der Waals surface area contributed by atoms with Crippen molar-refractivity contribution in [3.8, 4) is 17.2 Å². The lowest BCUT2D eigenvalue weighted by Crippen LogP contribution is -2.47. The summed E-state index contributed by atoms with van der Waals surface area (Å²) in [7, 11) is 4.79. The van der Waals surface area contributed by atoms with Crippen molar-refractivity contribution in [3.63, 3.8) is 0 Å². The van der Waals surface area contributed by atoms with Gasteiger partial charge in [-0.2, -0.15) is 0 Å². The Morgan fingerprint density at radius 3 is 2.19 bits per heavy atom. The van der Waals surface area contributed by atoms with Crippen LogP contribution in [0.3, 0.4) is 0 Å². The molecule has 4 rings (SSSR count). The quantitative estimate of drug-likeness (QED) is 0.548. The Hall–Kier alpha value is -3.04. The molecule has 1 aliphatic heterocycles. The molecule has 1 saturated heterocycles. The highest BCUT2D eigenvalue weighted by Crippen LogP contribution is 2.30. The van der Waals surface area contributed by atoms with Crippen molar-refractivity contribution < 1.29 is 14.2 Å². The summed E-state index contributed by atoms with van der Waals surface area (Å²) in [5.41, 5.74) is 1.71. The van der Waals surface area contributed by atoms with Gasteiger partial charge < -0.3 is 24.1 Å². The fourth-order valence-electron chi connectivity index (χ4n) is 4.05. The van der Waals surface area contributed by atoms with E-state index in [1.807, 2.05) is 12.1 Å². The molecule has 1 N–H and O–H groups in total. The minimum atomic E-state index is -0.124. The van der Waals surface area contributed by atoms with Crippen LogP contribution in [0.25, 0.3) is 10.9 Å². The largest absolute Gasteiger partial charge is 0.497 e. The molecule has 8 nitrogen and oxygen atoms in total. The van der Waals surface area contributed by atoms with E-state index < -0.39 is 0 Å². The molecular weight excluding hydrogens is 428 g/mol. The second kappa shape index (κ2) is 9.62. The van der Waals surface area contributed by atoms with Crippen LogP contribution in [0, 0.1) is 4.77 Å². The van der Waals surface area contributed by atoms with E-state index in [1.165, 1.54) is 5.69 Å². The van der Waals surface area contributed by atoms with Crippen molar-refractivity contribution in [2.75, 3.05) is 59.0 Å². The number of rotatable bonds is 7. The summed E-state index contributed by atoms with van der Waals surface area (Å²) in [5.74, 6) is 1.93. The summed E-state index contributed by atoms with van der Waals surface area (Å²) in [4.78, 5) is 21.0. The van der Waals surface area contributed by atoms with E-state index in [0.717, 1.165) is 38.5 Å². The maximum atomic E-state index is 13.1. The highest BCUT2D eigenvalue weighted by Gasteiger charge is 2.18. The lowest BCUT2D eigenvalue weighted by molar-refractivity contribution is 0.246. The number of aromatic nitrogens is 2. The smallest absolute Gasteiger partial charge is 0.262 e. The van der Waals surface area contributed by atoms with E-state index in [-0.39, 0.29) is 5.56 Å². The van der Waals surface area contributed by atoms with E-state index in [9.17, 15) is 4.79 Å². The Labute approximate surface area is 191 Å². The summed E-state index contributed by atoms with van der Waals surface area (Å²) in [6.45, 7) is 5.00. The number of nitrogens with zero attached hydrogens (tertiary/aromatic N) is 3. The number of anilines is 1. The third-order valence-corrected chi connectivity index (χ3v) is 6.26. The number of methoxy groups -OCH3 is 3. The Morgan fingerprint density at radius 1 is 0.906 bits per heavy atom. The van der Waals surface area contributed by atoms with Gasteiger partial charge in [-0.3, -0.25) is 14.3 Å². The second-order valence-electron chi connectivity index (χ2n) is 7.67. The predicted molar refractivity (Wildman–Crippen MR) is 128 cm³/mol. The molecule has 170 valence electrons. The monoisotopic (exact) mass is 456 g/mol. The van der Waals surface area contributed by atoms with Crippen LogP contribution in [0.2, 0.25) is 0 Å². The van der Waals surface area contributed by atoms with Crippen molar-refractivity contribution in [1.29, 1.82) is 0 Å². The Kier molecular flexibility index (Phi) is 6.66. The van der Waals surface area contributed by atoms with Gasteiger partial charge in [0, 0.05) is 51.0 Å². The van der Waals surface area contributed by atoms with Crippen LogP contribution in [0.4, 0.5) is 5.69 Å². The number of H-pyrrole nitrogens is 1. The first-order chi connectivity index (χ1) is 15.5. The lowest BCUT2D eigenvalue weighted by Gasteiger charge is -2.36. The molecule has 0 amide bonds. The molecule has 0 atom stereocenters. The van der Waals surface area contributed by atoms with Crippen LogP contribution in [0.5, 0.6) is 17.2 Å². The van der Waals surface area contributed by atoms with Crippen LogP contribution in [-0.2, 0) is 6.54 Å².